The normalized spacial score (nSPS) is 11.9. The molecule has 0 fully saturated rings. The molecule has 0 N–H and O–H groups in total. The van der Waals surface area contributed by atoms with Crippen molar-refractivity contribution in [1.82, 2.24) is 47.8 Å². The van der Waals surface area contributed by atoms with Gasteiger partial charge in [0, 0.05) is 88.8 Å². The maximum Gasteiger partial charge on any atom is 3.00 e. The minimum Gasteiger partial charge on any atom is -0.340 e. The predicted molar refractivity (Wildman–Crippen MR) is 428 cm³/mol. The third-order valence-electron chi connectivity index (χ3n) is 20.2. The minimum absolute atomic E-state index is 0. The van der Waals surface area contributed by atoms with Crippen LogP contribution in [0.4, 0.5) is 0 Å². The molecule has 11 heteroatoms. The summed E-state index contributed by atoms with van der Waals surface area (Å²) in [7, 11) is 0. The molecule has 0 bridgehead atoms. The van der Waals surface area contributed by atoms with Gasteiger partial charge in [-0.3, -0.25) is 24.9 Å². The Morgan fingerprint density at radius 2 is 0.819 bits per heavy atom. The van der Waals surface area contributed by atoms with E-state index >= 15 is 0 Å². The molecule has 0 amide bonds. The van der Waals surface area contributed by atoms with Crippen molar-refractivity contribution in [3.05, 3.63) is 347 Å². The van der Waals surface area contributed by atoms with Crippen molar-refractivity contribution in [3.8, 4) is 73.7 Å². The Hall–Kier alpha value is -11.6. The third kappa shape index (κ3) is 14.0. The molecule has 7 aromatic heterocycles. The van der Waals surface area contributed by atoms with E-state index in [9.17, 15) is 0 Å². The first-order chi connectivity index (χ1) is 50.7. The average molecular weight is 1540 g/mol. The van der Waals surface area contributed by atoms with Crippen LogP contribution in [0.15, 0.2) is 268 Å². The molecule has 2 atom stereocenters. The van der Waals surface area contributed by atoms with Gasteiger partial charge in [0.1, 0.15) is 0 Å². The fraction of sp³-hybridized carbons (Fsp3) is 0.160. The van der Waals surface area contributed by atoms with Crippen molar-refractivity contribution in [2.45, 2.75) is 101 Å². The van der Waals surface area contributed by atoms with Gasteiger partial charge in [0.2, 0.25) is 0 Å². The van der Waals surface area contributed by atoms with E-state index in [2.05, 4.69) is 291 Å². The van der Waals surface area contributed by atoms with Crippen LogP contribution in [0.1, 0.15) is 99.7 Å². The fourth-order valence-electron chi connectivity index (χ4n) is 15.8. The van der Waals surface area contributed by atoms with E-state index in [-0.39, 0.29) is 20.1 Å². The van der Waals surface area contributed by atoms with Crippen LogP contribution in [-0.2, 0) is 20.1 Å². The largest absolute Gasteiger partial charge is 3.00 e. The molecule has 7 heterocycles. The summed E-state index contributed by atoms with van der Waals surface area (Å²) in [6, 6.07) is 87.7. The van der Waals surface area contributed by atoms with Crippen LogP contribution >= 0.6 is 0 Å². The molecule has 2 unspecified atom stereocenters. The molecule has 0 spiro atoms. The molecule has 0 aliphatic carbocycles. The Balaban J connectivity index is 0.000000183. The minimum atomic E-state index is 0. The van der Waals surface area contributed by atoms with E-state index in [1.807, 2.05) is 104 Å². The van der Waals surface area contributed by atoms with Gasteiger partial charge in [0.05, 0.1) is 50.6 Å². The van der Waals surface area contributed by atoms with E-state index < -0.39 is 0 Å². The maximum atomic E-state index is 4.95. The predicted octanol–water partition coefficient (Wildman–Crippen LogP) is 23.1. The Morgan fingerprint density at radius 3 is 1.30 bits per heavy atom. The first-order valence-corrected chi connectivity index (χ1v) is 35.9. The number of benzene rings is 10. The van der Waals surface area contributed by atoms with Gasteiger partial charge in [0.15, 0.2) is 0 Å². The van der Waals surface area contributed by atoms with Crippen molar-refractivity contribution in [2.75, 3.05) is 0 Å². The van der Waals surface area contributed by atoms with Crippen LogP contribution in [-0.4, -0.2) is 47.8 Å². The van der Waals surface area contributed by atoms with Gasteiger partial charge in [-0.1, -0.05) is 128 Å². The zero-order chi connectivity index (χ0) is 71.7. The first kappa shape index (κ1) is 70.4. The number of aryl methyl sites for hydroxylation is 9. The quantitative estimate of drug-likeness (QED) is 0.101. The zero-order valence-corrected chi connectivity index (χ0v) is 63.7. The number of hydrogen-bond acceptors (Lipinski definition) is 5. The molecule has 0 radical (unpaired) electrons. The Labute approximate surface area is 629 Å². The van der Waals surface area contributed by atoms with Gasteiger partial charge in [-0.25, -0.2) is 0 Å². The van der Waals surface area contributed by atoms with Crippen LogP contribution in [0, 0.1) is 80.5 Å². The van der Waals surface area contributed by atoms with Gasteiger partial charge in [-0.15, -0.1) is 107 Å². The number of hydrogen-bond donors (Lipinski definition) is 0. The Bertz CT molecular complexity index is 5700. The third-order valence-corrected chi connectivity index (χ3v) is 20.2. The summed E-state index contributed by atoms with van der Waals surface area (Å²) in [4.78, 5) is 23.5. The SMILES string of the molecule is CCC(CC(C)c1ccc2c(c1)c1ncccc1n2-c1ccc(-c2cccc(-n3c4ccccc4c4ncccc43)c2)cc1)c1c[c-]c(-c2nccn2-c2c(C)cc(C)cc2C)cc1.Cc1cc(C)c(-n2ccnc2-c2[c-]cccc2)c(C)c1.Cc1cc(C)c(-n2ccnc2-c2[c-]cccc2)c(C)c1.[Ir+3]. The van der Waals surface area contributed by atoms with E-state index in [4.69, 9.17) is 15.0 Å². The molecule has 0 saturated carbocycles. The van der Waals surface area contributed by atoms with E-state index in [0.717, 1.165) is 108 Å². The second kappa shape index (κ2) is 30.4. The van der Waals surface area contributed by atoms with Crippen LogP contribution in [0.2, 0.25) is 0 Å². The molecule has 17 rings (SSSR count). The monoisotopic (exact) mass is 1540 g/mol. The van der Waals surface area contributed by atoms with Gasteiger partial charge in [-0.2, -0.15) is 0 Å². The maximum absolute atomic E-state index is 4.95. The zero-order valence-electron chi connectivity index (χ0n) is 61.3. The van der Waals surface area contributed by atoms with Gasteiger partial charge >= 0.3 is 20.1 Å². The van der Waals surface area contributed by atoms with Crippen molar-refractivity contribution in [2.24, 2.45) is 0 Å². The summed E-state index contributed by atoms with van der Waals surface area (Å²) in [5, 5.41) is 2.34. The Morgan fingerprint density at radius 1 is 0.362 bits per heavy atom. The molecule has 0 aliphatic heterocycles. The van der Waals surface area contributed by atoms with Gasteiger partial charge in [0.25, 0.3) is 0 Å². The van der Waals surface area contributed by atoms with Crippen molar-refractivity contribution >= 4 is 43.9 Å². The summed E-state index contributed by atoms with van der Waals surface area (Å²) < 4.78 is 11.2. The molecule has 105 heavy (non-hydrogen) atoms. The second-order valence-corrected chi connectivity index (χ2v) is 27.7. The first-order valence-electron chi connectivity index (χ1n) is 35.9. The fourth-order valence-corrected chi connectivity index (χ4v) is 15.8. The summed E-state index contributed by atoms with van der Waals surface area (Å²) in [6.07, 6.45) is 17.5. The number of nitrogens with zero attached hydrogens (tertiary/aromatic N) is 10. The standard InChI is InChI=1S/C58H49N6.2C18H17N2.Ir/c1-6-41(42-18-20-44(21-19-42)58-61-30-31-62(58)57-39(4)32-37(2)33-40(57)5)34-38(3)45-24-27-52-50(36-45)56-54(17-11-29-60-56)63(52)47-25-22-43(23-26-47)46-12-9-13-48(35-46)64-51-15-8-7-14-49(51)55-53(64)16-10-28-59-55;2*1-13-11-14(2)17(15(3)12-13)20-10-9-19-18(20)16-7-5-4-6-8-16;/h7-20,22-33,35-36,38,41H,6,34H2,1-5H3;2*4-7,9-12H,1-3H3;/q3*-1;+3. The summed E-state index contributed by atoms with van der Waals surface area (Å²) in [5.74, 6) is 3.52. The van der Waals surface area contributed by atoms with Crippen molar-refractivity contribution in [3.63, 3.8) is 0 Å². The summed E-state index contributed by atoms with van der Waals surface area (Å²) in [5.41, 5.74) is 31.8. The molecule has 518 valence electrons. The Kier molecular flexibility index (Phi) is 20.4. The summed E-state index contributed by atoms with van der Waals surface area (Å²) >= 11 is 0. The number of para-hydroxylation sites is 1. The molecular formula is C94H83IrN10. The number of fused-ring (bicyclic) bond motifs is 6. The molecule has 10 aromatic carbocycles. The van der Waals surface area contributed by atoms with Crippen LogP contribution < -0.4 is 0 Å². The molecular weight excluding hydrogens is 1460 g/mol. The molecule has 17 aromatic rings. The van der Waals surface area contributed by atoms with Gasteiger partial charge in [-0.05, 0) is 191 Å². The molecule has 10 nitrogen and oxygen atoms in total. The number of imidazole rings is 3. The van der Waals surface area contributed by atoms with Crippen LogP contribution in [0.3, 0.4) is 0 Å². The van der Waals surface area contributed by atoms with E-state index in [1.54, 1.807) is 0 Å². The molecule has 0 aliphatic rings. The van der Waals surface area contributed by atoms with E-state index in [0.29, 0.717) is 11.8 Å². The smallest absolute Gasteiger partial charge is 0.340 e. The van der Waals surface area contributed by atoms with Gasteiger partial charge < -0.3 is 22.8 Å². The molecule has 0 saturated heterocycles. The number of pyridine rings is 2. The van der Waals surface area contributed by atoms with Crippen molar-refractivity contribution < 1.29 is 20.1 Å². The van der Waals surface area contributed by atoms with Crippen LogP contribution in [0.5, 0.6) is 0 Å². The number of aromatic nitrogens is 10. The number of rotatable bonds is 14. The second-order valence-electron chi connectivity index (χ2n) is 27.7. The average Bonchev–Trinajstić information content (AvgIpc) is 1.60. The topological polar surface area (TPSA) is 89.1 Å². The summed E-state index contributed by atoms with van der Waals surface area (Å²) in [6.45, 7) is 24.0. The van der Waals surface area contributed by atoms with Crippen molar-refractivity contribution in [1.29, 1.82) is 0 Å². The van der Waals surface area contributed by atoms with E-state index in [1.165, 1.54) is 83.6 Å². The van der Waals surface area contributed by atoms with Crippen LogP contribution in [0.25, 0.3) is 118 Å².